The molecule has 4 rings (SSSR count). The van der Waals surface area contributed by atoms with E-state index >= 15 is 0 Å². The van der Waals surface area contributed by atoms with Gasteiger partial charge in [0.2, 0.25) is 5.76 Å². The molecule has 1 saturated heterocycles. The molecule has 0 saturated carbocycles. The molecule has 190 valence electrons. The number of carbonyl (C=O) groups is 3. The molecule has 3 aromatic rings. The Balaban J connectivity index is 1.58. The highest BCUT2D eigenvalue weighted by Gasteiger charge is 2.34. The molecule has 2 N–H and O–H groups in total. The molecule has 2 aromatic carbocycles. The van der Waals surface area contributed by atoms with E-state index in [1.165, 1.54) is 30.2 Å². The number of amides is 2. The molecule has 10 nitrogen and oxygen atoms in total. The van der Waals surface area contributed by atoms with Gasteiger partial charge in [-0.3, -0.25) is 19.8 Å². The Morgan fingerprint density at radius 3 is 2.49 bits per heavy atom. The number of carboxylic acids is 1. The first-order valence-electron chi connectivity index (χ1n) is 11.1. The molecule has 0 radical (unpaired) electrons. The van der Waals surface area contributed by atoms with Crippen molar-refractivity contribution < 1.29 is 38.1 Å². The maximum atomic E-state index is 13.3. The summed E-state index contributed by atoms with van der Waals surface area (Å²) in [5.41, 5.74) is 0.879. The average molecular weight is 523 g/mol. The van der Waals surface area contributed by atoms with Crippen molar-refractivity contribution in [2.24, 2.45) is 0 Å². The molecule has 1 fully saturated rings. The lowest BCUT2D eigenvalue weighted by molar-refractivity contribution is -0.122. The molecule has 1 aliphatic rings. The monoisotopic (exact) mass is 522 g/mol. The average Bonchev–Trinajstić information content (AvgIpc) is 3.36. The van der Waals surface area contributed by atoms with Crippen LogP contribution in [-0.4, -0.2) is 41.7 Å². The summed E-state index contributed by atoms with van der Waals surface area (Å²) < 4.78 is 21.8. The number of thiocarbonyl (C=S) groups is 1. The van der Waals surface area contributed by atoms with Gasteiger partial charge in [-0.1, -0.05) is 6.07 Å². The van der Waals surface area contributed by atoms with Crippen LogP contribution < -0.4 is 24.4 Å². The van der Waals surface area contributed by atoms with E-state index in [9.17, 15) is 14.4 Å². The molecule has 37 heavy (non-hydrogen) atoms. The molecule has 1 aliphatic heterocycles. The minimum absolute atomic E-state index is 0.0249. The van der Waals surface area contributed by atoms with Gasteiger partial charge >= 0.3 is 5.97 Å². The van der Waals surface area contributed by atoms with Crippen LogP contribution in [0.2, 0.25) is 0 Å². The predicted molar refractivity (Wildman–Crippen MR) is 137 cm³/mol. The highest BCUT2D eigenvalue weighted by atomic mass is 32.1. The van der Waals surface area contributed by atoms with E-state index in [4.69, 9.17) is 36.0 Å². The van der Waals surface area contributed by atoms with E-state index in [2.05, 4.69) is 5.32 Å². The normalized spacial score (nSPS) is 14.5. The third-order valence-corrected chi connectivity index (χ3v) is 5.54. The summed E-state index contributed by atoms with van der Waals surface area (Å²) in [6.45, 7) is 2.11. The Morgan fingerprint density at radius 2 is 1.84 bits per heavy atom. The number of carboxylic acid groups (broad SMARTS) is 1. The first-order valence-corrected chi connectivity index (χ1v) is 11.5. The fourth-order valence-corrected chi connectivity index (χ4v) is 3.79. The first kappa shape index (κ1) is 25.5. The van der Waals surface area contributed by atoms with Crippen LogP contribution in [0.25, 0.3) is 6.08 Å². The van der Waals surface area contributed by atoms with Crippen LogP contribution in [0.15, 0.2) is 64.6 Å². The van der Waals surface area contributed by atoms with Crippen LogP contribution in [0.5, 0.6) is 17.2 Å². The molecular formula is C26H22N2O8S. The zero-order chi connectivity index (χ0) is 26.5. The van der Waals surface area contributed by atoms with Gasteiger partial charge in [-0.05, 0) is 79.3 Å². The molecule has 0 bridgehead atoms. The van der Waals surface area contributed by atoms with Gasteiger partial charge in [-0.2, -0.15) is 0 Å². The number of anilines is 1. The van der Waals surface area contributed by atoms with E-state index in [1.807, 2.05) is 0 Å². The van der Waals surface area contributed by atoms with Crippen molar-refractivity contribution in [3.8, 4) is 17.2 Å². The van der Waals surface area contributed by atoms with Crippen molar-refractivity contribution in [3.63, 3.8) is 0 Å². The van der Waals surface area contributed by atoms with Gasteiger partial charge in [0.25, 0.3) is 11.8 Å². The van der Waals surface area contributed by atoms with Crippen LogP contribution in [0.3, 0.4) is 0 Å². The van der Waals surface area contributed by atoms with Gasteiger partial charge < -0.3 is 23.7 Å². The molecule has 1 aromatic heterocycles. The van der Waals surface area contributed by atoms with Crippen LogP contribution in [-0.2, 0) is 16.2 Å². The van der Waals surface area contributed by atoms with Gasteiger partial charge in [-0.15, -0.1) is 0 Å². The number of ether oxygens (including phenoxy) is 3. The summed E-state index contributed by atoms with van der Waals surface area (Å²) in [7, 11) is 1.53. The molecule has 0 unspecified atom stereocenters. The fourth-order valence-electron chi connectivity index (χ4n) is 3.51. The van der Waals surface area contributed by atoms with Gasteiger partial charge in [0, 0.05) is 0 Å². The molecule has 2 amide bonds. The first-order chi connectivity index (χ1) is 17.8. The Kier molecular flexibility index (Phi) is 7.54. The van der Waals surface area contributed by atoms with Crippen molar-refractivity contribution >= 4 is 46.9 Å². The number of carbonyl (C=O) groups excluding carboxylic acids is 2. The number of hydrogen-bond donors (Lipinski definition) is 2. The SMILES string of the molecule is CCOc1cc(C=C2C(=O)NC(=S)N(c3ccc(OC)cc3)C2=O)ccc1OCc1ccc(C(=O)O)o1. The van der Waals surface area contributed by atoms with Crippen LogP contribution in [0, 0.1) is 0 Å². The number of aromatic carboxylic acids is 1. The maximum absolute atomic E-state index is 13.3. The highest BCUT2D eigenvalue weighted by molar-refractivity contribution is 7.80. The van der Waals surface area contributed by atoms with Crippen molar-refractivity contribution in [1.82, 2.24) is 5.32 Å². The second-order valence-corrected chi connectivity index (χ2v) is 8.04. The largest absolute Gasteiger partial charge is 0.497 e. The van der Waals surface area contributed by atoms with Crippen molar-refractivity contribution in [2.75, 3.05) is 18.6 Å². The Hall–Kier alpha value is -4.64. The zero-order valence-corrected chi connectivity index (χ0v) is 20.7. The van der Waals surface area contributed by atoms with Crippen LogP contribution >= 0.6 is 12.2 Å². The van der Waals surface area contributed by atoms with Crippen LogP contribution in [0.4, 0.5) is 5.69 Å². The lowest BCUT2D eigenvalue weighted by atomic mass is 10.1. The molecule has 0 atom stereocenters. The predicted octanol–water partition coefficient (Wildman–Crippen LogP) is 3.80. The summed E-state index contributed by atoms with van der Waals surface area (Å²) in [5, 5.41) is 11.5. The smallest absolute Gasteiger partial charge is 0.371 e. The molecule has 11 heteroatoms. The summed E-state index contributed by atoms with van der Waals surface area (Å²) in [6.07, 6.45) is 1.44. The van der Waals surface area contributed by atoms with Gasteiger partial charge in [0.05, 0.1) is 19.4 Å². The minimum Gasteiger partial charge on any atom is -0.497 e. The number of rotatable bonds is 9. The zero-order valence-electron chi connectivity index (χ0n) is 19.8. The van der Waals surface area contributed by atoms with Crippen LogP contribution in [0.1, 0.15) is 28.8 Å². The van der Waals surface area contributed by atoms with E-state index in [0.29, 0.717) is 40.9 Å². The summed E-state index contributed by atoms with van der Waals surface area (Å²) >= 11 is 5.24. The van der Waals surface area contributed by atoms with E-state index in [0.717, 1.165) is 0 Å². The minimum atomic E-state index is -1.17. The Morgan fingerprint density at radius 1 is 1.08 bits per heavy atom. The summed E-state index contributed by atoms with van der Waals surface area (Å²) in [6, 6.07) is 14.4. The third-order valence-electron chi connectivity index (χ3n) is 5.25. The summed E-state index contributed by atoms with van der Waals surface area (Å²) in [5.74, 6) is -0.889. The van der Waals surface area contributed by atoms with Crippen molar-refractivity contribution in [2.45, 2.75) is 13.5 Å². The van der Waals surface area contributed by atoms with E-state index in [-0.39, 0.29) is 23.1 Å². The highest BCUT2D eigenvalue weighted by Crippen LogP contribution is 2.31. The van der Waals surface area contributed by atoms with Gasteiger partial charge in [0.15, 0.2) is 16.6 Å². The van der Waals surface area contributed by atoms with E-state index < -0.39 is 17.8 Å². The van der Waals surface area contributed by atoms with E-state index in [1.54, 1.807) is 49.4 Å². The van der Waals surface area contributed by atoms with Gasteiger partial charge in [-0.25, -0.2) is 4.79 Å². The number of hydrogen-bond acceptors (Lipinski definition) is 8. The Bertz CT molecular complexity index is 1390. The Labute approximate surface area is 217 Å². The van der Waals surface area contributed by atoms with Gasteiger partial charge in [0.1, 0.15) is 23.7 Å². The maximum Gasteiger partial charge on any atom is 0.371 e. The molecular weight excluding hydrogens is 500 g/mol. The van der Waals surface area contributed by atoms with Crippen molar-refractivity contribution in [1.29, 1.82) is 0 Å². The van der Waals surface area contributed by atoms with Crippen molar-refractivity contribution in [3.05, 3.63) is 77.3 Å². The molecule has 0 spiro atoms. The number of methoxy groups -OCH3 is 1. The lowest BCUT2D eigenvalue weighted by Crippen LogP contribution is -2.54. The summed E-state index contributed by atoms with van der Waals surface area (Å²) in [4.78, 5) is 38.1. The quantitative estimate of drug-likeness (QED) is 0.245. The molecule has 0 aliphatic carbocycles. The second-order valence-electron chi connectivity index (χ2n) is 7.65. The number of nitrogens with one attached hydrogen (secondary N) is 1. The number of benzene rings is 2. The molecule has 2 heterocycles. The number of nitrogens with zero attached hydrogens (tertiary/aromatic N) is 1. The standard InChI is InChI=1S/C26H22N2O8S/c1-3-34-22-13-15(4-10-20(22)35-14-18-9-11-21(36-18)25(31)32)12-19-23(29)27-26(37)28(24(19)30)16-5-7-17(33-2)8-6-16/h4-13H,3,14H2,1-2H3,(H,31,32)(H,27,29,37). The third kappa shape index (κ3) is 5.62. The fraction of sp³-hybridized carbons (Fsp3) is 0.154. The lowest BCUT2D eigenvalue weighted by Gasteiger charge is -2.29. The topological polar surface area (TPSA) is 128 Å². The number of furan rings is 1. The second kappa shape index (κ2) is 11.0.